The molecule has 3 aromatic carbocycles. The Balaban J connectivity index is 1.39. The quantitative estimate of drug-likeness (QED) is 0.363. The van der Waals surface area contributed by atoms with Crippen LogP contribution in [0, 0.1) is 23.4 Å². The Kier molecular flexibility index (Phi) is 7.44. The third kappa shape index (κ3) is 5.44. The number of aliphatic hydroxyl groups is 1. The summed E-state index contributed by atoms with van der Waals surface area (Å²) < 4.78 is 41.6. The van der Waals surface area contributed by atoms with Crippen LogP contribution in [0.4, 0.5) is 13.2 Å². The minimum atomic E-state index is -1.23. The van der Waals surface area contributed by atoms with Crippen molar-refractivity contribution in [3.8, 4) is 11.1 Å². The molecule has 0 saturated carbocycles. The Bertz CT molecular complexity index is 1460. The minimum absolute atomic E-state index is 0.0988. The maximum atomic E-state index is 14.1. The minimum Gasteiger partial charge on any atom is -0.481 e. The Labute approximate surface area is 203 Å². The van der Waals surface area contributed by atoms with Crippen molar-refractivity contribution >= 4 is 16.9 Å². The third-order valence-corrected chi connectivity index (χ3v) is 6.07. The highest BCUT2D eigenvalue weighted by Crippen LogP contribution is 2.23. The summed E-state index contributed by atoms with van der Waals surface area (Å²) in [6.45, 7) is -0.160. The lowest BCUT2D eigenvalue weighted by Crippen LogP contribution is -2.32. The van der Waals surface area contributed by atoms with E-state index in [1.165, 1.54) is 18.2 Å². The molecule has 0 bridgehead atoms. The number of aliphatic carboxylic acids is 1. The molecule has 10 heteroatoms. The van der Waals surface area contributed by atoms with E-state index < -0.39 is 41.0 Å². The molecule has 2 atom stereocenters. The molecule has 0 spiro atoms. The molecular weight excluding hydrogens is 475 g/mol. The van der Waals surface area contributed by atoms with Crippen LogP contribution in [0.3, 0.4) is 0 Å². The summed E-state index contributed by atoms with van der Waals surface area (Å²) in [4.78, 5) is 24.3. The van der Waals surface area contributed by atoms with Gasteiger partial charge in [0.05, 0.1) is 12.0 Å². The summed E-state index contributed by atoms with van der Waals surface area (Å²) in [5, 5.41) is 27.5. The summed E-state index contributed by atoms with van der Waals surface area (Å²) >= 11 is 0. The van der Waals surface area contributed by atoms with Crippen LogP contribution < -0.4 is 5.56 Å². The van der Waals surface area contributed by atoms with E-state index in [0.29, 0.717) is 17.5 Å². The molecule has 1 heterocycles. The normalized spacial score (nSPS) is 13.0. The lowest BCUT2D eigenvalue weighted by atomic mass is 9.93. The predicted octanol–water partition coefficient (Wildman–Crippen LogP) is 3.96. The van der Waals surface area contributed by atoms with Gasteiger partial charge in [-0.25, -0.2) is 17.9 Å². The van der Waals surface area contributed by atoms with Gasteiger partial charge in [0.1, 0.15) is 16.7 Å². The average Bonchev–Trinajstić information content (AvgIpc) is 2.86. The molecule has 36 heavy (non-hydrogen) atoms. The lowest BCUT2D eigenvalue weighted by molar-refractivity contribution is -0.146. The highest BCUT2D eigenvalue weighted by Gasteiger charge is 2.26. The van der Waals surface area contributed by atoms with Gasteiger partial charge >= 0.3 is 5.97 Å². The number of rotatable bonds is 9. The Morgan fingerprint density at radius 2 is 1.64 bits per heavy atom. The van der Waals surface area contributed by atoms with E-state index in [-0.39, 0.29) is 30.3 Å². The van der Waals surface area contributed by atoms with Crippen molar-refractivity contribution in [2.75, 3.05) is 0 Å². The fourth-order valence-electron chi connectivity index (χ4n) is 4.02. The van der Waals surface area contributed by atoms with Crippen LogP contribution in [0.2, 0.25) is 0 Å². The SMILES string of the molecule is O=C(O)[C@@H](CCn1nnc2cccc(F)c2c1=O)[C@H](O)CCc1ccc(-c2ccc(F)c(F)c2)cc1. The van der Waals surface area contributed by atoms with Gasteiger partial charge in [-0.3, -0.25) is 9.59 Å². The molecule has 186 valence electrons. The number of aliphatic hydroxyl groups excluding tert-OH is 1. The first-order valence-corrected chi connectivity index (χ1v) is 11.2. The molecule has 0 saturated heterocycles. The number of carbonyl (C=O) groups is 1. The molecule has 0 unspecified atom stereocenters. The Morgan fingerprint density at radius 1 is 0.917 bits per heavy atom. The van der Waals surface area contributed by atoms with Gasteiger partial charge in [-0.1, -0.05) is 41.6 Å². The van der Waals surface area contributed by atoms with Gasteiger partial charge in [0.15, 0.2) is 11.6 Å². The molecule has 0 amide bonds. The van der Waals surface area contributed by atoms with E-state index in [0.717, 1.165) is 28.4 Å². The van der Waals surface area contributed by atoms with Crippen LogP contribution in [-0.4, -0.2) is 37.3 Å². The standard InChI is InChI=1S/C26H22F3N3O4/c27-19-10-9-17(14-21(19)29)16-7-4-15(5-8-16)6-11-23(33)18(26(35)36)12-13-32-25(34)24-20(28)2-1-3-22(24)30-31-32/h1-5,7-10,14,18,23,33H,6,11-13H2,(H,35,36)/t18-,23+/m0/s1. The van der Waals surface area contributed by atoms with Crippen LogP contribution in [0.15, 0.2) is 65.5 Å². The number of benzene rings is 3. The van der Waals surface area contributed by atoms with E-state index in [9.17, 15) is 33.0 Å². The fraction of sp³-hybridized carbons (Fsp3) is 0.231. The van der Waals surface area contributed by atoms with Crippen LogP contribution in [-0.2, 0) is 17.8 Å². The molecule has 0 radical (unpaired) electrons. The Hall–Kier alpha value is -4.05. The first-order chi connectivity index (χ1) is 17.2. The number of hydrogen-bond donors (Lipinski definition) is 2. The van der Waals surface area contributed by atoms with Gasteiger partial charge < -0.3 is 10.2 Å². The number of halogens is 3. The van der Waals surface area contributed by atoms with E-state index in [1.54, 1.807) is 24.3 Å². The van der Waals surface area contributed by atoms with Crippen LogP contribution in [0.25, 0.3) is 22.0 Å². The number of aromatic nitrogens is 3. The van der Waals surface area contributed by atoms with Crippen molar-refractivity contribution in [2.24, 2.45) is 5.92 Å². The zero-order valence-corrected chi connectivity index (χ0v) is 18.9. The number of aryl methyl sites for hydroxylation is 2. The van der Waals surface area contributed by atoms with Crippen molar-refractivity contribution in [3.05, 3.63) is 94.0 Å². The predicted molar refractivity (Wildman–Crippen MR) is 126 cm³/mol. The van der Waals surface area contributed by atoms with Crippen LogP contribution in [0.1, 0.15) is 18.4 Å². The van der Waals surface area contributed by atoms with E-state index in [4.69, 9.17) is 0 Å². The second-order valence-corrected chi connectivity index (χ2v) is 8.42. The molecule has 0 aliphatic carbocycles. The summed E-state index contributed by atoms with van der Waals surface area (Å²) in [5.41, 5.74) is 1.38. The summed E-state index contributed by atoms with van der Waals surface area (Å²) in [5.74, 6) is -5.03. The molecule has 2 N–H and O–H groups in total. The maximum Gasteiger partial charge on any atom is 0.309 e. The number of carboxylic acids is 1. The van der Waals surface area contributed by atoms with E-state index >= 15 is 0 Å². The molecule has 0 aliphatic rings. The van der Waals surface area contributed by atoms with Gasteiger partial charge in [0, 0.05) is 6.54 Å². The van der Waals surface area contributed by atoms with Crippen LogP contribution >= 0.6 is 0 Å². The molecule has 1 aromatic heterocycles. The third-order valence-electron chi connectivity index (χ3n) is 6.07. The average molecular weight is 497 g/mol. The summed E-state index contributed by atoms with van der Waals surface area (Å²) in [7, 11) is 0. The molecular formula is C26H22F3N3O4. The first kappa shape index (κ1) is 25.1. The van der Waals surface area contributed by atoms with Gasteiger partial charge in [-0.15, -0.1) is 5.10 Å². The first-order valence-electron chi connectivity index (χ1n) is 11.2. The number of carboxylic acid groups (broad SMARTS) is 1. The van der Waals surface area contributed by atoms with Gasteiger partial charge in [0.25, 0.3) is 5.56 Å². The van der Waals surface area contributed by atoms with Gasteiger partial charge in [-0.2, -0.15) is 0 Å². The zero-order chi connectivity index (χ0) is 25.8. The van der Waals surface area contributed by atoms with Crippen molar-refractivity contribution in [1.29, 1.82) is 0 Å². The number of hydrogen-bond acceptors (Lipinski definition) is 5. The zero-order valence-electron chi connectivity index (χ0n) is 18.9. The molecule has 4 rings (SSSR count). The molecule has 0 aliphatic heterocycles. The number of nitrogens with zero attached hydrogens (tertiary/aromatic N) is 3. The van der Waals surface area contributed by atoms with Crippen molar-refractivity contribution < 1.29 is 28.2 Å². The van der Waals surface area contributed by atoms with Crippen LogP contribution in [0.5, 0.6) is 0 Å². The topological polar surface area (TPSA) is 105 Å². The molecule has 0 fully saturated rings. The Morgan fingerprint density at radius 3 is 2.33 bits per heavy atom. The fourth-order valence-corrected chi connectivity index (χ4v) is 4.02. The molecule has 7 nitrogen and oxygen atoms in total. The van der Waals surface area contributed by atoms with E-state index in [2.05, 4.69) is 10.3 Å². The lowest BCUT2D eigenvalue weighted by Gasteiger charge is -2.19. The smallest absolute Gasteiger partial charge is 0.309 e. The highest BCUT2D eigenvalue weighted by molar-refractivity contribution is 5.77. The monoisotopic (exact) mass is 497 g/mol. The second-order valence-electron chi connectivity index (χ2n) is 8.42. The summed E-state index contributed by atoms with van der Waals surface area (Å²) in [6, 6.07) is 14.6. The van der Waals surface area contributed by atoms with Gasteiger partial charge in [0.2, 0.25) is 0 Å². The van der Waals surface area contributed by atoms with Crippen molar-refractivity contribution in [1.82, 2.24) is 15.0 Å². The summed E-state index contributed by atoms with van der Waals surface area (Å²) in [6.07, 6.45) is -0.826. The van der Waals surface area contributed by atoms with Gasteiger partial charge in [-0.05, 0) is 60.2 Å². The second kappa shape index (κ2) is 10.7. The largest absolute Gasteiger partial charge is 0.481 e. The highest BCUT2D eigenvalue weighted by atomic mass is 19.2. The maximum absolute atomic E-state index is 14.1. The van der Waals surface area contributed by atoms with Crippen molar-refractivity contribution in [2.45, 2.75) is 31.9 Å². The van der Waals surface area contributed by atoms with E-state index in [1.807, 2.05) is 0 Å². The van der Waals surface area contributed by atoms with Crippen molar-refractivity contribution in [3.63, 3.8) is 0 Å². The number of fused-ring (bicyclic) bond motifs is 1. The molecule has 4 aromatic rings.